The monoisotopic (exact) mass is 421 g/mol. The minimum Gasteiger partial charge on any atom is -0.494 e. The van der Waals surface area contributed by atoms with E-state index in [4.69, 9.17) is 9.72 Å². The summed E-state index contributed by atoms with van der Waals surface area (Å²) in [6.45, 7) is 6.48. The highest BCUT2D eigenvalue weighted by Crippen LogP contribution is 2.18. The fourth-order valence-corrected chi connectivity index (χ4v) is 3.91. The second-order valence-corrected chi connectivity index (χ2v) is 7.95. The van der Waals surface area contributed by atoms with Gasteiger partial charge in [0.1, 0.15) is 11.6 Å². The van der Waals surface area contributed by atoms with Crippen molar-refractivity contribution in [3.63, 3.8) is 0 Å². The lowest BCUT2D eigenvalue weighted by Gasteiger charge is -2.13. The van der Waals surface area contributed by atoms with Crippen molar-refractivity contribution >= 4 is 16.9 Å². The third-order valence-corrected chi connectivity index (χ3v) is 5.75. The smallest absolute Gasteiger partial charge is 0.223 e. The van der Waals surface area contributed by atoms with Crippen LogP contribution >= 0.6 is 0 Å². The normalized spacial score (nSPS) is 11.2. The first-order valence-electron chi connectivity index (χ1n) is 11.6. The number of imidazole rings is 1. The highest BCUT2D eigenvalue weighted by molar-refractivity contribution is 5.78. The molecule has 0 aliphatic carbocycles. The number of aryl methyl sites for hydroxylation is 2. The van der Waals surface area contributed by atoms with Crippen molar-refractivity contribution in [1.82, 2.24) is 14.9 Å². The SMILES string of the molecule is CCC(CC)C(=O)NCCCc1nc2ccccc2n1CCCCOc1ccccc1. The Labute approximate surface area is 185 Å². The summed E-state index contributed by atoms with van der Waals surface area (Å²) in [6.07, 6.45) is 5.57. The molecule has 0 saturated carbocycles. The molecule has 166 valence electrons. The number of carbonyl (C=O) groups is 1. The Morgan fingerprint density at radius 1 is 1.00 bits per heavy atom. The van der Waals surface area contributed by atoms with Crippen LogP contribution in [0.1, 0.15) is 51.8 Å². The quantitative estimate of drug-likeness (QED) is 0.377. The number of aromatic nitrogens is 2. The second kappa shape index (κ2) is 12.1. The maximum atomic E-state index is 12.2. The first-order chi connectivity index (χ1) is 15.2. The Morgan fingerprint density at radius 3 is 2.52 bits per heavy atom. The number of hydrogen-bond donors (Lipinski definition) is 1. The number of benzene rings is 2. The van der Waals surface area contributed by atoms with E-state index >= 15 is 0 Å². The van der Waals surface area contributed by atoms with Crippen molar-refractivity contribution in [2.24, 2.45) is 5.92 Å². The average molecular weight is 422 g/mol. The van der Waals surface area contributed by atoms with Crippen LogP contribution in [0.25, 0.3) is 11.0 Å². The van der Waals surface area contributed by atoms with Crippen molar-refractivity contribution in [2.75, 3.05) is 13.2 Å². The number of rotatable bonds is 13. The third kappa shape index (κ3) is 6.58. The molecule has 5 heteroatoms. The van der Waals surface area contributed by atoms with E-state index in [1.165, 1.54) is 5.52 Å². The minimum atomic E-state index is 0.127. The number of carbonyl (C=O) groups excluding carboxylic acids is 1. The number of amides is 1. The van der Waals surface area contributed by atoms with Crippen LogP contribution in [0.5, 0.6) is 5.75 Å². The van der Waals surface area contributed by atoms with Gasteiger partial charge >= 0.3 is 0 Å². The summed E-state index contributed by atoms with van der Waals surface area (Å²) >= 11 is 0. The average Bonchev–Trinajstić information content (AvgIpc) is 3.15. The molecular weight excluding hydrogens is 386 g/mol. The van der Waals surface area contributed by atoms with Gasteiger partial charge in [0.2, 0.25) is 5.91 Å². The van der Waals surface area contributed by atoms with Crippen LogP contribution in [0, 0.1) is 5.92 Å². The first-order valence-corrected chi connectivity index (χ1v) is 11.6. The molecule has 3 aromatic rings. The van der Waals surface area contributed by atoms with Gasteiger partial charge in [0.15, 0.2) is 0 Å². The Kier molecular flexibility index (Phi) is 8.95. The molecule has 3 rings (SSSR count). The zero-order valence-corrected chi connectivity index (χ0v) is 18.8. The largest absolute Gasteiger partial charge is 0.494 e. The lowest BCUT2D eigenvalue weighted by Crippen LogP contribution is -2.31. The fourth-order valence-electron chi connectivity index (χ4n) is 3.91. The molecule has 0 unspecified atom stereocenters. The molecule has 0 bridgehead atoms. The van der Waals surface area contributed by atoms with E-state index in [0.717, 1.165) is 62.2 Å². The zero-order valence-electron chi connectivity index (χ0n) is 18.8. The molecule has 1 amide bonds. The van der Waals surface area contributed by atoms with Crippen molar-refractivity contribution in [3.05, 3.63) is 60.4 Å². The summed E-state index contributed by atoms with van der Waals surface area (Å²) in [5, 5.41) is 3.09. The van der Waals surface area contributed by atoms with E-state index in [0.29, 0.717) is 13.2 Å². The molecule has 0 fully saturated rings. The maximum Gasteiger partial charge on any atom is 0.223 e. The molecular formula is C26H35N3O2. The van der Waals surface area contributed by atoms with Crippen LogP contribution in [0.3, 0.4) is 0 Å². The van der Waals surface area contributed by atoms with Gasteiger partial charge in [-0.25, -0.2) is 4.98 Å². The van der Waals surface area contributed by atoms with Crippen molar-refractivity contribution in [1.29, 1.82) is 0 Å². The predicted octanol–water partition coefficient (Wildman–Crippen LogP) is 5.38. The van der Waals surface area contributed by atoms with Crippen molar-refractivity contribution in [3.8, 4) is 5.75 Å². The molecule has 0 aliphatic heterocycles. The van der Waals surface area contributed by atoms with E-state index in [1.807, 2.05) is 36.4 Å². The number of ether oxygens (including phenoxy) is 1. The minimum absolute atomic E-state index is 0.127. The van der Waals surface area contributed by atoms with Crippen molar-refractivity contribution < 1.29 is 9.53 Å². The van der Waals surface area contributed by atoms with Gasteiger partial charge < -0.3 is 14.6 Å². The van der Waals surface area contributed by atoms with Crippen LogP contribution in [0.2, 0.25) is 0 Å². The molecule has 1 N–H and O–H groups in total. The van der Waals surface area contributed by atoms with E-state index < -0.39 is 0 Å². The van der Waals surface area contributed by atoms with Crippen LogP contribution in [-0.2, 0) is 17.8 Å². The van der Waals surface area contributed by atoms with Gasteiger partial charge in [0.05, 0.1) is 17.6 Å². The van der Waals surface area contributed by atoms with Gasteiger partial charge in [-0.3, -0.25) is 4.79 Å². The summed E-state index contributed by atoms with van der Waals surface area (Å²) in [5.74, 6) is 2.33. The summed E-state index contributed by atoms with van der Waals surface area (Å²) in [5.41, 5.74) is 2.22. The van der Waals surface area contributed by atoms with Crippen LogP contribution in [-0.4, -0.2) is 28.6 Å². The zero-order chi connectivity index (χ0) is 21.9. The highest BCUT2D eigenvalue weighted by atomic mass is 16.5. The van der Waals surface area contributed by atoms with Gasteiger partial charge in [0, 0.05) is 25.4 Å². The van der Waals surface area contributed by atoms with Crippen LogP contribution in [0.15, 0.2) is 54.6 Å². The maximum absolute atomic E-state index is 12.2. The summed E-state index contributed by atoms with van der Waals surface area (Å²) in [6, 6.07) is 18.3. The summed E-state index contributed by atoms with van der Waals surface area (Å²) in [4.78, 5) is 17.0. The molecule has 0 spiro atoms. The Balaban J connectivity index is 1.51. The van der Waals surface area contributed by atoms with Crippen LogP contribution < -0.4 is 10.1 Å². The predicted molar refractivity (Wildman–Crippen MR) is 126 cm³/mol. The first kappa shape index (κ1) is 22.9. The fraction of sp³-hybridized carbons (Fsp3) is 0.462. The Bertz CT molecular complexity index is 932. The standard InChI is InChI=1S/C26H35N3O2/c1-3-21(4-2)26(30)27-18-12-17-25-28-23-15-8-9-16-24(23)29(25)19-10-11-20-31-22-13-6-5-7-14-22/h5-9,13-16,21H,3-4,10-12,17-20H2,1-2H3,(H,27,30). The van der Waals surface area contributed by atoms with Gasteiger partial charge in [-0.1, -0.05) is 44.2 Å². The molecule has 5 nitrogen and oxygen atoms in total. The summed E-state index contributed by atoms with van der Waals surface area (Å²) < 4.78 is 8.15. The van der Waals surface area contributed by atoms with E-state index in [-0.39, 0.29) is 11.8 Å². The Morgan fingerprint density at radius 2 is 1.74 bits per heavy atom. The van der Waals surface area contributed by atoms with Crippen molar-refractivity contribution in [2.45, 2.75) is 58.9 Å². The molecule has 1 heterocycles. The Hall–Kier alpha value is -2.82. The third-order valence-electron chi connectivity index (χ3n) is 5.75. The molecule has 1 aromatic heterocycles. The van der Waals surface area contributed by atoms with E-state index in [2.05, 4.69) is 41.9 Å². The summed E-state index contributed by atoms with van der Waals surface area (Å²) in [7, 11) is 0. The number of fused-ring (bicyclic) bond motifs is 1. The number of hydrogen-bond acceptors (Lipinski definition) is 3. The van der Waals surface area contributed by atoms with E-state index in [9.17, 15) is 4.79 Å². The topological polar surface area (TPSA) is 56.2 Å². The molecule has 0 radical (unpaired) electrons. The second-order valence-electron chi connectivity index (χ2n) is 7.95. The van der Waals surface area contributed by atoms with Crippen LogP contribution in [0.4, 0.5) is 0 Å². The molecule has 0 saturated heterocycles. The molecule has 2 aromatic carbocycles. The van der Waals surface area contributed by atoms with Gasteiger partial charge in [-0.15, -0.1) is 0 Å². The lowest BCUT2D eigenvalue weighted by atomic mass is 10.0. The lowest BCUT2D eigenvalue weighted by molar-refractivity contribution is -0.125. The number of unbranched alkanes of at least 4 members (excludes halogenated alkanes) is 1. The number of nitrogens with one attached hydrogen (secondary N) is 1. The van der Waals surface area contributed by atoms with E-state index in [1.54, 1.807) is 0 Å². The number of nitrogens with zero attached hydrogens (tertiary/aromatic N) is 2. The van der Waals surface area contributed by atoms with Gasteiger partial charge in [-0.05, 0) is 56.4 Å². The van der Waals surface area contributed by atoms with Gasteiger partial charge in [0.25, 0.3) is 0 Å². The molecule has 0 atom stereocenters. The highest BCUT2D eigenvalue weighted by Gasteiger charge is 2.14. The molecule has 31 heavy (non-hydrogen) atoms. The number of para-hydroxylation sites is 3. The molecule has 0 aliphatic rings. The van der Waals surface area contributed by atoms with Gasteiger partial charge in [-0.2, -0.15) is 0 Å².